The van der Waals surface area contributed by atoms with Crippen LogP contribution in [-0.2, 0) is 11.3 Å². The Morgan fingerprint density at radius 2 is 1.88 bits per heavy atom. The predicted molar refractivity (Wildman–Crippen MR) is 98.0 cm³/mol. The molecule has 3 amide bonds. The zero-order valence-corrected chi connectivity index (χ0v) is 15.1. The molecule has 1 heterocycles. The third-order valence-corrected chi connectivity index (χ3v) is 5.41. The van der Waals surface area contributed by atoms with Crippen molar-refractivity contribution in [1.29, 1.82) is 0 Å². The molecule has 2 fully saturated rings. The van der Waals surface area contributed by atoms with Crippen LogP contribution in [0.2, 0.25) is 0 Å². The maximum atomic E-state index is 12.5. The Kier molecular flexibility index (Phi) is 5.95. The van der Waals surface area contributed by atoms with Gasteiger partial charge in [-0.1, -0.05) is 43.2 Å². The maximum Gasteiger partial charge on any atom is 0.317 e. The molecule has 0 unspecified atom stereocenters. The van der Waals surface area contributed by atoms with Crippen LogP contribution in [0.3, 0.4) is 0 Å². The number of hydrogen-bond donors (Lipinski definition) is 1. The number of hydrogen-bond acceptors (Lipinski definition) is 2. The van der Waals surface area contributed by atoms with E-state index < -0.39 is 0 Å². The Morgan fingerprint density at radius 1 is 1.16 bits per heavy atom. The molecule has 5 nitrogen and oxygen atoms in total. The summed E-state index contributed by atoms with van der Waals surface area (Å²) < 4.78 is 0. The Labute approximate surface area is 150 Å². The van der Waals surface area contributed by atoms with Gasteiger partial charge in [-0.25, -0.2) is 4.79 Å². The fraction of sp³-hybridized carbons (Fsp3) is 0.600. The molecule has 1 aliphatic heterocycles. The molecule has 2 aliphatic rings. The first-order valence-electron chi connectivity index (χ1n) is 9.45. The SMILES string of the molecule is CN(Cc1ccccc1)C(=O)C[C@H]1CCN(C(=O)NC2CCCC2)C1. The molecule has 0 bridgehead atoms. The first kappa shape index (κ1) is 17.8. The lowest BCUT2D eigenvalue weighted by atomic mass is 10.0. The summed E-state index contributed by atoms with van der Waals surface area (Å²) in [5.41, 5.74) is 1.14. The summed E-state index contributed by atoms with van der Waals surface area (Å²) in [6.07, 6.45) is 6.09. The number of nitrogens with one attached hydrogen (secondary N) is 1. The summed E-state index contributed by atoms with van der Waals surface area (Å²) >= 11 is 0. The summed E-state index contributed by atoms with van der Waals surface area (Å²) in [7, 11) is 1.86. The third-order valence-electron chi connectivity index (χ3n) is 5.41. The van der Waals surface area contributed by atoms with E-state index in [-0.39, 0.29) is 17.9 Å². The number of amides is 3. The van der Waals surface area contributed by atoms with Crippen LogP contribution in [0.5, 0.6) is 0 Å². The number of benzene rings is 1. The molecule has 3 rings (SSSR count). The van der Waals surface area contributed by atoms with Crippen molar-refractivity contribution in [2.45, 2.75) is 51.1 Å². The standard InChI is InChI=1S/C20H29N3O2/c1-22(14-16-7-3-2-4-8-16)19(24)13-17-11-12-23(15-17)20(25)21-18-9-5-6-10-18/h2-4,7-8,17-18H,5-6,9-15H2,1H3,(H,21,25)/t17-/m1/s1. The Morgan fingerprint density at radius 3 is 2.60 bits per heavy atom. The van der Waals surface area contributed by atoms with Crippen molar-refractivity contribution in [3.8, 4) is 0 Å². The molecule has 1 saturated heterocycles. The van der Waals surface area contributed by atoms with Gasteiger partial charge in [-0.05, 0) is 30.7 Å². The smallest absolute Gasteiger partial charge is 0.317 e. The second kappa shape index (κ2) is 8.37. The van der Waals surface area contributed by atoms with Crippen LogP contribution in [0.15, 0.2) is 30.3 Å². The van der Waals surface area contributed by atoms with Gasteiger partial charge in [0.05, 0.1) is 0 Å². The van der Waals surface area contributed by atoms with E-state index in [1.807, 2.05) is 42.3 Å². The lowest BCUT2D eigenvalue weighted by molar-refractivity contribution is -0.131. The number of rotatable bonds is 5. The Balaban J connectivity index is 1.42. The van der Waals surface area contributed by atoms with Gasteiger partial charge in [0.2, 0.25) is 5.91 Å². The minimum Gasteiger partial charge on any atom is -0.341 e. The van der Waals surface area contributed by atoms with Crippen LogP contribution < -0.4 is 5.32 Å². The van der Waals surface area contributed by atoms with Gasteiger partial charge in [0.25, 0.3) is 0 Å². The van der Waals surface area contributed by atoms with Crippen LogP contribution >= 0.6 is 0 Å². The monoisotopic (exact) mass is 343 g/mol. The lowest BCUT2D eigenvalue weighted by Gasteiger charge is -2.21. The summed E-state index contributed by atoms with van der Waals surface area (Å²) in [6.45, 7) is 2.10. The molecular weight excluding hydrogens is 314 g/mol. The lowest BCUT2D eigenvalue weighted by Crippen LogP contribution is -2.43. The first-order chi connectivity index (χ1) is 12.1. The van der Waals surface area contributed by atoms with E-state index >= 15 is 0 Å². The van der Waals surface area contributed by atoms with Gasteiger partial charge in [0, 0.05) is 39.1 Å². The number of urea groups is 1. The van der Waals surface area contributed by atoms with Crippen LogP contribution in [0.4, 0.5) is 4.79 Å². The average Bonchev–Trinajstić information content (AvgIpc) is 3.27. The first-order valence-corrected chi connectivity index (χ1v) is 9.45. The van der Waals surface area contributed by atoms with Crippen molar-refractivity contribution in [3.63, 3.8) is 0 Å². The van der Waals surface area contributed by atoms with Gasteiger partial charge in [-0.2, -0.15) is 0 Å². The van der Waals surface area contributed by atoms with Crippen LogP contribution in [0, 0.1) is 5.92 Å². The summed E-state index contributed by atoms with van der Waals surface area (Å²) in [4.78, 5) is 28.5. The molecule has 1 aliphatic carbocycles. The van der Waals surface area contributed by atoms with E-state index in [4.69, 9.17) is 0 Å². The van der Waals surface area contributed by atoms with Crippen molar-refractivity contribution in [1.82, 2.24) is 15.1 Å². The maximum absolute atomic E-state index is 12.5. The highest BCUT2D eigenvalue weighted by Gasteiger charge is 2.30. The molecule has 1 atom stereocenters. The van der Waals surface area contributed by atoms with E-state index in [0.29, 0.717) is 25.6 Å². The van der Waals surface area contributed by atoms with Crippen molar-refractivity contribution in [3.05, 3.63) is 35.9 Å². The van der Waals surface area contributed by atoms with E-state index in [0.717, 1.165) is 31.4 Å². The number of carbonyl (C=O) groups is 2. The molecule has 25 heavy (non-hydrogen) atoms. The van der Waals surface area contributed by atoms with Crippen LogP contribution in [0.1, 0.15) is 44.1 Å². The molecule has 5 heteroatoms. The normalized spacial score (nSPS) is 20.7. The second-order valence-corrected chi connectivity index (χ2v) is 7.47. The Bertz CT molecular complexity index is 584. The minimum absolute atomic E-state index is 0.0551. The third kappa shape index (κ3) is 4.97. The highest BCUT2D eigenvalue weighted by atomic mass is 16.2. The van der Waals surface area contributed by atoms with E-state index in [1.54, 1.807) is 4.90 Å². The van der Waals surface area contributed by atoms with Gasteiger partial charge in [-0.15, -0.1) is 0 Å². The van der Waals surface area contributed by atoms with E-state index in [2.05, 4.69) is 5.32 Å². The van der Waals surface area contributed by atoms with Gasteiger partial charge in [0.1, 0.15) is 0 Å². The second-order valence-electron chi connectivity index (χ2n) is 7.47. The van der Waals surface area contributed by atoms with Crippen molar-refractivity contribution < 1.29 is 9.59 Å². The van der Waals surface area contributed by atoms with Gasteiger partial charge in [0.15, 0.2) is 0 Å². The fourth-order valence-electron chi connectivity index (χ4n) is 3.87. The van der Waals surface area contributed by atoms with E-state index in [9.17, 15) is 9.59 Å². The molecule has 1 saturated carbocycles. The van der Waals surface area contributed by atoms with Gasteiger partial charge in [-0.3, -0.25) is 4.79 Å². The highest BCUT2D eigenvalue weighted by Crippen LogP contribution is 2.22. The molecule has 136 valence electrons. The molecular formula is C20H29N3O2. The Hall–Kier alpha value is -2.04. The molecule has 0 radical (unpaired) electrons. The molecule has 0 spiro atoms. The number of nitrogens with zero attached hydrogens (tertiary/aromatic N) is 2. The fourth-order valence-corrected chi connectivity index (χ4v) is 3.87. The van der Waals surface area contributed by atoms with Crippen LogP contribution in [0.25, 0.3) is 0 Å². The molecule has 0 aromatic heterocycles. The van der Waals surface area contributed by atoms with E-state index in [1.165, 1.54) is 12.8 Å². The average molecular weight is 343 g/mol. The minimum atomic E-state index is 0.0551. The zero-order valence-electron chi connectivity index (χ0n) is 15.1. The quantitative estimate of drug-likeness (QED) is 0.893. The number of carbonyl (C=O) groups excluding carboxylic acids is 2. The predicted octanol–water partition coefficient (Wildman–Crippen LogP) is 3.01. The largest absolute Gasteiger partial charge is 0.341 e. The van der Waals surface area contributed by atoms with Gasteiger partial charge < -0.3 is 15.1 Å². The zero-order chi connectivity index (χ0) is 17.6. The molecule has 1 aromatic carbocycles. The van der Waals surface area contributed by atoms with Gasteiger partial charge >= 0.3 is 6.03 Å². The van der Waals surface area contributed by atoms with Crippen molar-refractivity contribution >= 4 is 11.9 Å². The van der Waals surface area contributed by atoms with Crippen LogP contribution in [-0.4, -0.2) is 47.9 Å². The number of likely N-dealkylation sites (tertiary alicyclic amines) is 1. The summed E-state index contributed by atoms with van der Waals surface area (Å²) in [5, 5.41) is 3.14. The molecule has 1 aromatic rings. The summed E-state index contributed by atoms with van der Waals surface area (Å²) in [6, 6.07) is 10.4. The van der Waals surface area contributed by atoms with Crippen molar-refractivity contribution in [2.24, 2.45) is 5.92 Å². The topological polar surface area (TPSA) is 52.7 Å². The van der Waals surface area contributed by atoms with Crippen molar-refractivity contribution in [2.75, 3.05) is 20.1 Å². The molecule has 1 N–H and O–H groups in total. The highest BCUT2D eigenvalue weighted by molar-refractivity contribution is 5.77. The summed E-state index contributed by atoms with van der Waals surface area (Å²) in [5.74, 6) is 0.437.